The molecule has 2 nitrogen and oxygen atoms in total. The molecule has 0 aliphatic rings. The molecule has 1 N–H and O–H groups in total. The smallest absolute Gasteiger partial charge is 0.0230 e. The molecule has 1 aromatic carbocycles. The van der Waals surface area contributed by atoms with Gasteiger partial charge in [0.15, 0.2) is 0 Å². The molecule has 3 heteroatoms. The number of hydrogen-bond acceptors (Lipinski definition) is 2. The fourth-order valence-electron chi connectivity index (χ4n) is 2.02. The van der Waals surface area contributed by atoms with Crippen molar-refractivity contribution in [3.05, 3.63) is 34.3 Å². The molecule has 0 saturated carbocycles. The molecular weight excluding hydrogens is 288 g/mol. The summed E-state index contributed by atoms with van der Waals surface area (Å²) in [4.78, 5) is 2.40. The van der Waals surface area contributed by atoms with Crippen LogP contribution in [0.2, 0.25) is 0 Å². The predicted molar refractivity (Wildman–Crippen MR) is 82.9 cm³/mol. The van der Waals surface area contributed by atoms with E-state index in [1.807, 2.05) is 7.05 Å². The Morgan fingerprint density at radius 2 is 1.72 bits per heavy atom. The molecule has 1 aromatic rings. The fourth-order valence-corrected chi connectivity index (χ4v) is 2.28. The van der Waals surface area contributed by atoms with Crippen LogP contribution in [-0.4, -0.2) is 32.1 Å². The maximum atomic E-state index is 3.46. The van der Waals surface area contributed by atoms with E-state index in [0.717, 1.165) is 17.6 Å². The minimum atomic E-state index is 1.05. The van der Waals surface area contributed by atoms with E-state index in [1.54, 1.807) is 0 Å². The highest BCUT2D eigenvalue weighted by molar-refractivity contribution is 9.10. The van der Waals surface area contributed by atoms with E-state index in [-0.39, 0.29) is 0 Å². The zero-order chi connectivity index (χ0) is 13.2. The number of hydrogen-bond donors (Lipinski definition) is 1. The number of nitrogens with one attached hydrogen (secondary N) is 1. The Labute approximate surface area is 120 Å². The zero-order valence-electron chi connectivity index (χ0n) is 11.6. The van der Waals surface area contributed by atoms with Gasteiger partial charge in [0.1, 0.15) is 0 Å². The minimum Gasteiger partial charge on any atom is -0.320 e. The molecule has 1 rings (SSSR count). The van der Waals surface area contributed by atoms with Crippen molar-refractivity contribution in [2.75, 3.05) is 27.2 Å². The van der Waals surface area contributed by atoms with Crippen LogP contribution in [0.3, 0.4) is 0 Å². The van der Waals surface area contributed by atoms with Crippen molar-refractivity contribution in [2.24, 2.45) is 0 Å². The van der Waals surface area contributed by atoms with Crippen LogP contribution in [0.15, 0.2) is 28.7 Å². The highest BCUT2D eigenvalue weighted by Gasteiger charge is 2.00. The lowest BCUT2D eigenvalue weighted by molar-refractivity contribution is 0.316. The second kappa shape index (κ2) is 9.54. The van der Waals surface area contributed by atoms with Gasteiger partial charge in [0, 0.05) is 11.0 Å². The van der Waals surface area contributed by atoms with Gasteiger partial charge in [-0.25, -0.2) is 0 Å². The van der Waals surface area contributed by atoms with Crippen LogP contribution in [0.4, 0.5) is 0 Å². The average molecular weight is 313 g/mol. The van der Waals surface area contributed by atoms with E-state index < -0.39 is 0 Å². The normalized spacial score (nSPS) is 11.1. The van der Waals surface area contributed by atoms with E-state index in [2.05, 4.69) is 57.5 Å². The molecule has 0 amide bonds. The third-order valence-corrected chi connectivity index (χ3v) is 3.61. The largest absolute Gasteiger partial charge is 0.320 e. The zero-order valence-corrected chi connectivity index (χ0v) is 13.2. The lowest BCUT2D eigenvalue weighted by Gasteiger charge is -2.16. The minimum absolute atomic E-state index is 1.05. The van der Waals surface area contributed by atoms with Gasteiger partial charge in [0.05, 0.1) is 0 Å². The van der Waals surface area contributed by atoms with E-state index in [0.29, 0.717) is 0 Å². The van der Waals surface area contributed by atoms with Gasteiger partial charge in [-0.15, -0.1) is 0 Å². The SMILES string of the molecule is CNCCCCCCN(C)Cc1ccc(Br)cc1. The van der Waals surface area contributed by atoms with Crippen molar-refractivity contribution in [1.29, 1.82) is 0 Å². The maximum Gasteiger partial charge on any atom is 0.0230 e. The van der Waals surface area contributed by atoms with E-state index in [9.17, 15) is 0 Å². The van der Waals surface area contributed by atoms with Gasteiger partial charge in [-0.2, -0.15) is 0 Å². The van der Waals surface area contributed by atoms with E-state index >= 15 is 0 Å². The Hall–Kier alpha value is -0.380. The highest BCUT2D eigenvalue weighted by atomic mass is 79.9. The molecule has 0 atom stereocenters. The second-order valence-corrected chi connectivity index (χ2v) is 5.80. The molecule has 0 bridgehead atoms. The Balaban J connectivity index is 2.10. The summed E-state index contributed by atoms with van der Waals surface area (Å²) >= 11 is 3.46. The first-order valence-corrected chi connectivity index (χ1v) is 7.59. The van der Waals surface area contributed by atoms with Crippen LogP contribution in [-0.2, 0) is 6.54 Å². The van der Waals surface area contributed by atoms with Crippen molar-refractivity contribution >= 4 is 15.9 Å². The van der Waals surface area contributed by atoms with Crippen LogP contribution in [0.1, 0.15) is 31.2 Å². The standard InChI is InChI=1S/C15H25BrN2/c1-17-11-5-3-4-6-12-18(2)13-14-7-9-15(16)10-8-14/h7-10,17H,3-6,11-13H2,1-2H3. The molecule has 0 saturated heterocycles. The predicted octanol–water partition coefficient (Wildman–Crippen LogP) is 3.66. The molecule has 102 valence electrons. The van der Waals surface area contributed by atoms with Gasteiger partial charge in [-0.1, -0.05) is 40.9 Å². The van der Waals surface area contributed by atoms with Gasteiger partial charge in [-0.3, -0.25) is 0 Å². The number of halogens is 1. The second-order valence-electron chi connectivity index (χ2n) is 4.88. The first kappa shape index (κ1) is 15.7. The van der Waals surface area contributed by atoms with Crippen molar-refractivity contribution in [3.63, 3.8) is 0 Å². The topological polar surface area (TPSA) is 15.3 Å². The van der Waals surface area contributed by atoms with Gasteiger partial charge in [-0.05, 0) is 57.7 Å². The van der Waals surface area contributed by atoms with Gasteiger partial charge >= 0.3 is 0 Å². The molecule has 0 radical (unpaired) electrons. The third kappa shape index (κ3) is 7.14. The van der Waals surface area contributed by atoms with Gasteiger partial charge < -0.3 is 10.2 Å². The van der Waals surface area contributed by atoms with Gasteiger partial charge in [0.2, 0.25) is 0 Å². The molecule has 0 unspecified atom stereocenters. The van der Waals surface area contributed by atoms with Crippen LogP contribution in [0, 0.1) is 0 Å². The summed E-state index contributed by atoms with van der Waals surface area (Å²) in [7, 11) is 4.22. The first-order valence-electron chi connectivity index (χ1n) is 6.80. The summed E-state index contributed by atoms with van der Waals surface area (Å²) in [6.07, 6.45) is 5.28. The fraction of sp³-hybridized carbons (Fsp3) is 0.600. The highest BCUT2D eigenvalue weighted by Crippen LogP contribution is 2.12. The number of unbranched alkanes of at least 4 members (excludes halogenated alkanes) is 3. The average Bonchev–Trinajstić information content (AvgIpc) is 2.36. The van der Waals surface area contributed by atoms with Gasteiger partial charge in [0.25, 0.3) is 0 Å². The number of nitrogens with zero attached hydrogens (tertiary/aromatic N) is 1. The van der Waals surface area contributed by atoms with Crippen LogP contribution >= 0.6 is 15.9 Å². The van der Waals surface area contributed by atoms with Crippen molar-refractivity contribution < 1.29 is 0 Å². The van der Waals surface area contributed by atoms with E-state index in [1.165, 1.54) is 37.8 Å². The quantitative estimate of drug-likeness (QED) is 0.700. The molecule has 0 spiro atoms. The number of rotatable bonds is 9. The molecule has 0 aliphatic carbocycles. The summed E-state index contributed by atoms with van der Waals surface area (Å²) in [5.74, 6) is 0. The molecule has 18 heavy (non-hydrogen) atoms. The van der Waals surface area contributed by atoms with Crippen molar-refractivity contribution in [3.8, 4) is 0 Å². The first-order chi connectivity index (χ1) is 8.72. The molecule has 0 heterocycles. The maximum absolute atomic E-state index is 3.46. The third-order valence-electron chi connectivity index (χ3n) is 3.08. The van der Waals surface area contributed by atoms with Crippen LogP contribution in [0.5, 0.6) is 0 Å². The van der Waals surface area contributed by atoms with Crippen molar-refractivity contribution in [2.45, 2.75) is 32.2 Å². The summed E-state index contributed by atoms with van der Waals surface area (Å²) in [5, 5.41) is 3.19. The summed E-state index contributed by atoms with van der Waals surface area (Å²) in [6.45, 7) is 3.38. The lowest BCUT2D eigenvalue weighted by atomic mass is 10.1. The lowest BCUT2D eigenvalue weighted by Crippen LogP contribution is -2.19. The Bertz CT molecular complexity index is 311. The molecular formula is C15H25BrN2. The monoisotopic (exact) mass is 312 g/mol. The van der Waals surface area contributed by atoms with E-state index in [4.69, 9.17) is 0 Å². The van der Waals surface area contributed by atoms with Crippen LogP contribution in [0.25, 0.3) is 0 Å². The summed E-state index contributed by atoms with van der Waals surface area (Å²) < 4.78 is 1.15. The molecule has 0 fully saturated rings. The summed E-state index contributed by atoms with van der Waals surface area (Å²) in [5.41, 5.74) is 1.39. The summed E-state index contributed by atoms with van der Waals surface area (Å²) in [6, 6.07) is 8.60. The Morgan fingerprint density at radius 3 is 2.39 bits per heavy atom. The van der Waals surface area contributed by atoms with Crippen LogP contribution < -0.4 is 5.32 Å². The Morgan fingerprint density at radius 1 is 1.06 bits per heavy atom. The molecule has 0 aromatic heterocycles. The Kier molecular flexibility index (Phi) is 8.31. The molecule has 0 aliphatic heterocycles. The number of benzene rings is 1. The van der Waals surface area contributed by atoms with Crippen molar-refractivity contribution in [1.82, 2.24) is 10.2 Å².